The maximum Gasteiger partial charge on any atom is 0.214 e. The molecule has 0 aliphatic carbocycles. The van der Waals surface area contributed by atoms with Gasteiger partial charge in [0.1, 0.15) is 11.6 Å². The summed E-state index contributed by atoms with van der Waals surface area (Å²) in [7, 11) is 1.62. The molecule has 0 unspecified atom stereocenters. The lowest BCUT2D eigenvalue weighted by Crippen LogP contribution is -1.99. The zero-order chi connectivity index (χ0) is 15.4. The Bertz CT molecular complexity index is 743. The van der Waals surface area contributed by atoms with Crippen molar-refractivity contribution in [3.05, 3.63) is 59.9 Å². The summed E-state index contributed by atoms with van der Waals surface area (Å²) >= 11 is 1.49. The number of benzene rings is 2. The molecule has 0 spiro atoms. The first kappa shape index (κ1) is 14.5. The van der Waals surface area contributed by atoms with Gasteiger partial charge < -0.3 is 4.74 Å². The molecule has 0 bridgehead atoms. The number of tetrazole rings is 1. The fourth-order valence-electron chi connectivity index (χ4n) is 1.88. The first-order valence-corrected chi connectivity index (χ1v) is 7.55. The van der Waals surface area contributed by atoms with Crippen molar-refractivity contribution in [2.75, 3.05) is 7.11 Å². The van der Waals surface area contributed by atoms with Crippen molar-refractivity contribution in [3.63, 3.8) is 0 Å². The van der Waals surface area contributed by atoms with Gasteiger partial charge in [-0.2, -0.15) is 4.68 Å². The van der Waals surface area contributed by atoms with E-state index in [2.05, 4.69) is 15.5 Å². The summed E-state index contributed by atoms with van der Waals surface area (Å²) in [6, 6.07) is 13.9. The molecule has 3 aromatic rings. The number of hydrogen-bond acceptors (Lipinski definition) is 5. The molecule has 5 nitrogen and oxygen atoms in total. The molecule has 0 amide bonds. The van der Waals surface area contributed by atoms with Gasteiger partial charge in [0, 0.05) is 5.75 Å². The van der Waals surface area contributed by atoms with E-state index in [0.29, 0.717) is 10.9 Å². The van der Waals surface area contributed by atoms with Crippen LogP contribution < -0.4 is 4.74 Å². The average Bonchev–Trinajstić information content (AvgIpc) is 3.03. The van der Waals surface area contributed by atoms with Gasteiger partial charge in [-0.1, -0.05) is 23.9 Å². The smallest absolute Gasteiger partial charge is 0.214 e. The molecule has 0 aliphatic heterocycles. The fourth-order valence-corrected chi connectivity index (χ4v) is 2.73. The molecule has 3 rings (SSSR count). The molecule has 2 aromatic carbocycles. The number of aromatic nitrogens is 4. The number of halogens is 1. The van der Waals surface area contributed by atoms with Crippen LogP contribution >= 0.6 is 11.8 Å². The third-order valence-corrected chi connectivity index (χ3v) is 4.03. The highest BCUT2D eigenvalue weighted by Crippen LogP contribution is 2.23. The van der Waals surface area contributed by atoms with Crippen molar-refractivity contribution in [1.29, 1.82) is 0 Å². The van der Waals surface area contributed by atoms with Crippen LogP contribution in [0, 0.1) is 5.82 Å². The average molecular weight is 316 g/mol. The van der Waals surface area contributed by atoms with Gasteiger partial charge >= 0.3 is 0 Å². The standard InChI is InChI=1S/C15H13FN4OS/c1-21-14-8-6-13(7-9-14)20-15(17-18-19-20)22-10-11-2-4-12(16)5-3-11/h2-9H,10H2,1H3. The lowest BCUT2D eigenvalue weighted by Gasteiger charge is -2.05. The first-order valence-electron chi connectivity index (χ1n) is 6.56. The Morgan fingerprint density at radius 2 is 1.82 bits per heavy atom. The fraction of sp³-hybridized carbons (Fsp3) is 0.133. The number of methoxy groups -OCH3 is 1. The number of ether oxygens (including phenoxy) is 1. The number of nitrogens with zero attached hydrogens (tertiary/aromatic N) is 4. The van der Waals surface area contributed by atoms with Crippen molar-refractivity contribution >= 4 is 11.8 Å². The molecule has 112 valence electrons. The van der Waals surface area contributed by atoms with Crippen LogP contribution in [0.15, 0.2) is 53.7 Å². The van der Waals surface area contributed by atoms with Crippen LogP contribution in [0.4, 0.5) is 4.39 Å². The van der Waals surface area contributed by atoms with Gasteiger partial charge in [0.15, 0.2) is 0 Å². The van der Waals surface area contributed by atoms with E-state index in [1.807, 2.05) is 24.3 Å². The van der Waals surface area contributed by atoms with Gasteiger partial charge in [0.2, 0.25) is 5.16 Å². The van der Waals surface area contributed by atoms with E-state index < -0.39 is 0 Å². The molecular weight excluding hydrogens is 303 g/mol. The van der Waals surface area contributed by atoms with E-state index in [4.69, 9.17) is 4.74 Å². The van der Waals surface area contributed by atoms with Gasteiger partial charge in [0.05, 0.1) is 12.8 Å². The monoisotopic (exact) mass is 316 g/mol. The molecule has 0 N–H and O–H groups in total. The van der Waals surface area contributed by atoms with Gasteiger partial charge in [-0.15, -0.1) is 5.10 Å². The highest BCUT2D eigenvalue weighted by molar-refractivity contribution is 7.98. The van der Waals surface area contributed by atoms with Crippen LogP contribution in [0.2, 0.25) is 0 Å². The first-order chi connectivity index (χ1) is 10.8. The summed E-state index contributed by atoms with van der Waals surface area (Å²) in [5.74, 6) is 1.20. The van der Waals surface area contributed by atoms with E-state index in [-0.39, 0.29) is 5.82 Å². The molecule has 22 heavy (non-hydrogen) atoms. The summed E-state index contributed by atoms with van der Waals surface area (Å²) in [5.41, 5.74) is 1.86. The highest BCUT2D eigenvalue weighted by atomic mass is 32.2. The molecular formula is C15H13FN4OS. The van der Waals surface area contributed by atoms with E-state index in [1.54, 1.807) is 23.9 Å². The van der Waals surface area contributed by atoms with Crippen LogP contribution in [-0.4, -0.2) is 27.3 Å². The van der Waals surface area contributed by atoms with Crippen LogP contribution in [0.1, 0.15) is 5.56 Å². The molecule has 0 radical (unpaired) electrons. The number of rotatable bonds is 5. The highest BCUT2D eigenvalue weighted by Gasteiger charge is 2.09. The van der Waals surface area contributed by atoms with Crippen molar-refractivity contribution < 1.29 is 9.13 Å². The molecule has 7 heteroatoms. The van der Waals surface area contributed by atoms with Crippen molar-refractivity contribution in [2.45, 2.75) is 10.9 Å². The number of hydrogen-bond donors (Lipinski definition) is 0. The summed E-state index contributed by atoms with van der Waals surface area (Å²) < 4.78 is 19.7. The maximum absolute atomic E-state index is 12.9. The Kier molecular flexibility index (Phi) is 4.34. The van der Waals surface area contributed by atoms with Crippen LogP contribution in [0.25, 0.3) is 5.69 Å². The molecule has 1 heterocycles. The molecule has 0 atom stereocenters. The van der Waals surface area contributed by atoms with Crippen molar-refractivity contribution in [3.8, 4) is 11.4 Å². The third kappa shape index (κ3) is 3.25. The van der Waals surface area contributed by atoms with Crippen LogP contribution in [0.5, 0.6) is 5.75 Å². The quantitative estimate of drug-likeness (QED) is 0.677. The molecule has 0 saturated heterocycles. The Labute approximate surface area is 131 Å². The van der Waals surface area contributed by atoms with Gasteiger partial charge in [-0.25, -0.2) is 4.39 Å². The second kappa shape index (κ2) is 6.57. The second-order valence-electron chi connectivity index (χ2n) is 4.49. The molecule has 0 saturated carbocycles. The molecule has 0 aliphatic rings. The minimum Gasteiger partial charge on any atom is -0.497 e. The lowest BCUT2D eigenvalue weighted by atomic mass is 10.2. The lowest BCUT2D eigenvalue weighted by molar-refractivity contribution is 0.414. The topological polar surface area (TPSA) is 52.8 Å². The SMILES string of the molecule is COc1ccc(-n2nnnc2SCc2ccc(F)cc2)cc1. The van der Waals surface area contributed by atoms with E-state index in [1.165, 1.54) is 23.9 Å². The van der Waals surface area contributed by atoms with Gasteiger partial charge in [0.25, 0.3) is 0 Å². The maximum atomic E-state index is 12.9. The summed E-state index contributed by atoms with van der Waals surface area (Å²) in [4.78, 5) is 0. The predicted molar refractivity (Wildman–Crippen MR) is 81.7 cm³/mol. The van der Waals surface area contributed by atoms with Gasteiger partial charge in [-0.05, 0) is 52.4 Å². The van der Waals surface area contributed by atoms with Crippen molar-refractivity contribution in [2.24, 2.45) is 0 Å². The summed E-state index contributed by atoms with van der Waals surface area (Å²) in [5, 5.41) is 12.4. The Hall–Kier alpha value is -2.41. The Morgan fingerprint density at radius 3 is 2.50 bits per heavy atom. The minimum atomic E-state index is -0.239. The summed E-state index contributed by atoms with van der Waals surface area (Å²) in [6.45, 7) is 0. The van der Waals surface area contributed by atoms with E-state index >= 15 is 0 Å². The largest absolute Gasteiger partial charge is 0.497 e. The van der Waals surface area contributed by atoms with Crippen LogP contribution in [-0.2, 0) is 5.75 Å². The van der Waals surface area contributed by atoms with Crippen molar-refractivity contribution in [1.82, 2.24) is 20.2 Å². The zero-order valence-electron chi connectivity index (χ0n) is 11.8. The summed E-state index contributed by atoms with van der Waals surface area (Å²) in [6.07, 6.45) is 0. The van der Waals surface area contributed by atoms with E-state index in [0.717, 1.165) is 17.0 Å². The zero-order valence-corrected chi connectivity index (χ0v) is 12.6. The molecule has 0 fully saturated rings. The normalized spacial score (nSPS) is 10.6. The predicted octanol–water partition coefficient (Wildman–Crippen LogP) is 3.10. The van der Waals surface area contributed by atoms with Crippen LogP contribution in [0.3, 0.4) is 0 Å². The second-order valence-corrected chi connectivity index (χ2v) is 5.43. The minimum absolute atomic E-state index is 0.239. The Morgan fingerprint density at radius 1 is 1.09 bits per heavy atom. The van der Waals surface area contributed by atoms with Gasteiger partial charge in [-0.3, -0.25) is 0 Å². The third-order valence-electron chi connectivity index (χ3n) is 3.04. The molecule has 1 aromatic heterocycles. The van der Waals surface area contributed by atoms with E-state index in [9.17, 15) is 4.39 Å². The number of thioether (sulfide) groups is 1. The Balaban J connectivity index is 1.75.